The van der Waals surface area contributed by atoms with Crippen LogP contribution in [0.4, 0.5) is 13.2 Å². The Morgan fingerprint density at radius 2 is 1.55 bits per heavy atom. The molecule has 2 aromatic heterocycles. The fourth-order valence-corrected chi connectivity index (χ4v) is 6.95. The molecule has 7 rings (SSSR count). The van der Waals surface area contributed by atoms with Crippen molar-refractivity contribution in [2.45, 2.75) is 30.6 Å². The second kappa shape index (κ2) is 7.98. The Morgan fingerprint density at radius 1 is 0.895 bits per heavy atom. The van der Waals surface area contributed by atoms with Crippen molar-refractivity contribution in [1.82, 2.24) is 9.88 Å². The number of imide groups is 1. The number of aromatic nitrogens is 1. The van der Waals surface area contributed by atoms with Gasteiger partial charge in [-0.2, -0.15) is 0 Å². The van der Waals surface area contributed by atoms with Gasteiger partial charge in [-0.1, -0.05) is 0 Å². The lowest BCUT2D eigenvalue weighted by molar-refractivity contribution is -0.245. The third-order valence-corrected chi connectivity index (χ3v) is 8.53. The van der Waals surface area contributed by atoms with Crippen LogP contribution in [0.1, 0.15) is 26.9 Å². The minimum Gasteiger partial charge on any atom is -0.387 e. The fourth-order valence-electron chi connectivity index (χ4n) is 5.72. The zero-order valence-corrected chi connectivity index (χ0v) is 19.9. The number of halogens is 3. The van der Waals surface area contributed by atoms with E-state index in [9.17, 15) is 38.1 Å². The maximum Gasteiger partial charge on any atom is 0.259 e. The molecule has 0 saturated carbocycles. The Kier molecular flexibility index (Phi) is 4.95. The molecule has 0 radical (unpaired) electrons. The molecule has 0 bridgehead atoms. The molecule has 5 aromatic rings. The molecular formula is C26H17F3N2O6S. The quantitative estimate of drug-likeness (QED) is 0.254. The number of aliphatic hydroxyl groups is 3. The van der Waals surface area contributed by atoms with Gasteiger partial charge in [-0.25, -0.2) is 13.2 Å². The SMILES string of the molecule is O=C1NC(=O)c2c1c1c3cc(F)ccc3sc1c1c2c2cc(F)ccc2n1C1O[C@H](CF)[C@@H](O)[C@H](O)[C@H]1O. The van der Waals surface area contributed by atoms with Crippen LogP contribution in [0.2, 0.25) is 0 Å². The largest absolute Gasteiger partial charge is 0.387 e. The molecule has 1 fully saturated rings. The van der Waals surface area contributed by atoms with Crippen molar-refractivity contribution in [3.05, 3.63) is 59.2 Å². The predicted octanol–water partition coefficient (Wildman–Crippen LogP) is 3.27. The van der Waals surface area contributed by atoms with E-state index in [0.717, 1.165) is 12.1 Å². The molecule has 0 spiro atoms. The summed E-state index contributed by atoms with van der Waals surface area (Å²) in [5.74, 6) is -2.63. The standard InChI is InChI=1S/C26H17F3N2O6S/c27-7-13-20(32)21(33)22(34)26(37-13)31-12-3-1-8(28)5-10(12)15-17-18(25(36)30-24(17)35)16-11-6-9(29)2-4-14(11)38-23(16)19(15)31/h1-6,13,20-22,26,32-34H,7H2,(H,30,35,36)/t13-,20-,21+,22-,26?/m1/s1. The van der Waals surface area contributed by atoms with E-state index >= 15 is 0 Å². The van der Waals surface area contributed by atoms with Crippen molar-refractivity contribution in [3.8, 4) is 0 Å². The lowest BCUT2D eigenvalue weighted by Crippen LogP contribution is -2.56. The van der Waals surface area contributed by atoms with E-state index in [-0.39, 0.29) is 38.3 Å². The van der Waals surface area contributed by atoms with Crippen molar-refractivity contribution in [1.29, 1.82) is 0 Å². The van der Waals surface area contributed by atoms with Gasteiger partial charge >= 0.3 is 0 Å². The first kappa shape index (κ1) is 23.6. The molecular weight excluding hydrogens is 525 g/mol. The number of amides is 2. The third-order valence-electron chi connectivity index (χ3n) is 7.36. The van der Waals surface area contributed by atoms with E-state index in [1.54, 1.807) is 0 Å². The first-order chi connectivity index (χ1) is 18.2. The van der Waals surface area contributed by atoms with Gasteiger partial charge in [0.2, 0.25) is 0 Å². The number of nitrogens with one attached hydrogen (secondary N) is 1. The highest BCUT2D eigenvalue weighted by molar-refractivity contribution is 7.26. The van der Waals surface area contributed by atoms with Gasteiger partial charge < -0.3 is 24.6 Å². The van der Waals surface area contributed by atoms with Crippen molar-refractivity contribution >= 4 is 65.1 Å². The summed E-state index contributed by atoms with van der Waals surface area (Å²) in [6.07, 6.45) is -8.20. The van der Waals surface area contributed by atoms with E-state index in [2.05, 4.69) is 5.32 Å². The average Bonchev–Trinajstić information content (AvgIpc) is 3.51. The van der Waals surface area contributed by atoms with Crippen LogP contribution in [-0.4, -0.2) is 62.8 Å². The second-order valence-corrected chi connectivity index (χ2v) is 10.5. The highest BCUT2D eigenvalue weighted by atomic mass is 32.1. The Balaban J connectivity index is 1.72. The summed E-state index contributed by atoms with van der Waals surface area (Å²) in [6.45, 7) is -1.17. The highest BCUT2D eigenvalue weighted by Crippen LogP contribution is 2.49. The van der Waals surface area contributed by atoms with E-state index < -0.39 is 60.8 Å². The number of benzene rings is 3. The molecule has 2 aliphatic heterocycles. The number of fused-ring (bicyclic) bond motifs is 10. The molecule has 4 heterocycles. The van der Waals surface area contributed by atoms with E-state index in [1.165, 1.54) is 40.2 Å². The van der Waals surface area contributed by atoms with Crippen molar-refractivity contribution in [2.24, 2.45) is 0 Å². The van der Waals surface area contributed by atoms with E-state index in [0.29, 0.717) is 14.8 Å². The summed E-state index contributed by atoms with van der Waals surface area (Å²) >= 11 is 1.18. The molecule has 1 unspecified atom stereocenters. The number of carbonyl (C=O) groups is 2. The molecule has 5 atom stereocenters. The van der Waals surface area contributed by atoms with Gasteiger partial charge in [0, 0.05) is 26.2 Å². The van der Waals surface area contributed by atoms with Gasteiger partial charge in [0.25, 0.3) is 11.8 Å². The van der Waals surface area contributed by atoms with Crippen LogP contribution in [0.5, 0.6) is 0 Å². The minimum atomic E-state index is -1.78. The summed E-state index contributed by atoms with van der Waals surface area (Å²) in [5, 5.41) is 35.0. The van der Waals surface area contributed by atoms with Crippen LogP contribution in [0.25, 0.3) is 42.0 Å². The molecule has 3 aromatic carbocycles. The second-order valence-electron chi connectivity index (χ2n) is 9.43. The Labute approximate surface area is 214 Å². The van der Waals surface area contributed by atoms with Gasteiger partial charge in [0.15, 0.2) is 6.23 Å². The maximum absolute atomic E-state index is 14.6. The zero-order valence-electron chi connectivity index (χ0n) is 19.1. The van der Waals surface area contributed by atoms with Gasteiger partial charge in [-0.3, -0.25) is 14.9 Å². The molecule has 2 amide bonds. The molecule has 12 heteroatoms. The van der Waals surface area contributed by atoms with Gasteiger partial charge in [-0.15, -0.1) is 11.3 Å². The monoisotopic (exact) mass is 542 g/mol. The lowest BCUT2D eigenvalue weighted by atomic mass is 9.96. The summed E-state index contributed by atoms with van der Waals surface area (Å²) in [5.41, 5.74) is 0.469. The van der Waals surface area contributed by atoms with Gasteiger partial charge in [-0.05, 0) is 36.4 Å². The number of rotatable bonds is 2. The average molecular weight is 542 g/mol. The number of thiophene rings is 1. The minimum absolute atomic E-state index is 0.0138. The summed E-state index contributed by atoms with van der Waals surface area (Å²) in [7, 11) is 0. The van der Waals surface area contributed by atoms with Crippen LogP contribution in [0, 0.1) is 11.6 Å². The predicted molar refractivity (Wildman–Crippen MR) is 132 cm³/mol. The smallest absolute Gasteiger partial charge is 0.259 e. The number of hydrogen-bond donors (Lipinski definition) is 4. The number of alkyl halides is 1. The molecule has 1 saturated heterocycles. The first-order valence-electron chi connectivity index (χ1n) is 11.6. The number of aliphatic hydroxyl groups excluding tert-OH is 3. The van der Waals surface area contributed by atoms with E-state index in [1.807, 2.05) is 0 Å². The van der Waals surface area contributed by atoms with Crippen molar-refractivity contribution < 1.29 is 42.8 Å². The van der Waals surface area contributed by atoms with Crippen molar-refractivity contribution in [2.75, 3.05) is 6.67 Å². The lowest BCUT2D eigenvalue weighted by Gasteiger charge is -2.40. The van der Waals surface area contributed by atoms with Crippen LogP contribution in [-0.2, 0) is 4.74 Å². The highest BCUT2D eigenvalue weighted by Gasteiger charge is 2.46. The zero-order chi connectivity index (χ0) is 26.6. The summed E-state index contributed by atoms with van der Waals surface area (Å²) in [4.78, 5) is 26.1. The molecule has 2 aliphatic rings. The third kappa shape index (κ3) is 2.94. The van der Waals surface area contributed by atoms with Crippen LogP contribution < -0.4 is 5.32 Å². The molecule has 8 nitrogen and oxygen atoms in total. The fraction of sp³-hybridized carbons (Fsp3) is 0.231. The van der Waals surface area contributed by atoms with E-state index in [4.69, 9.17) is 4.74 Å². The summed E-state index contributed by atoms with van der Waals surface area (Å²) in [6, 6.07) is 7.71. The maximum atomic E-state index is 14.6. The normalized spacial score (nSPS) is 25.7. The molecule has 194 valence electrons. The number of ether oxygens (including phenoxy) is 1. The summed E-state index contributed by atoms with van der Waals surface area (Å²) < 4.78 is 50.8. The number of hydrogen-bond acceptors (Lipinski definition) is 7. The molecule has 0 aliphatic carbocycles. The van der Waals surface area contributed by atoms with Crippen molar-refractivity contribution in [3.63, 3.8) is 0 Å². The molecule has 38 heavy (non-hydrogen) atoms. The van der Waals surface area contributed by atoms with Crippen LogP contribution in [0.15, 0.2) is 36.4 Å². The number of carbonyl (C=O) groups excluding carboxylic acids is 2. The van der Waals surface area contributed by atoms with Crippen LogP contribution in [0.3, 0.4) is 0 Å². The Bertz CT molecular complexity index is 1860. The Hall–Kier alpha value is -3.55. The topological polar surface area (TPSA) is 121 Å². The van der Waals surface area contributed by atoms with Gasteiger partial charge in [0.05, 0.1) is 26.9 Å². The molecule has 4 N–H and O–H groups in total. The van der Waals surface area contributed by atoms with Crippen LogP contribution >= 0.6 is 11.3 Å². The first-order valence-corrected chi connectivity index (χ1v) is 12.4. The Morgan fingerprint density at radius 3 is 2.26 bits per heavy atom. The number of nitrogens with zero attached hydrogens (tertiary/aromatic N) is 1. The van der Waals surface area contributed by atoms with Gasteiger partial charge in [0.1, 0.15) is 42.7 Å².